The number of rotatable bonds is 6. The molecule has 16 heavy (non-hydrogen) atoms. The highest BCUT2D eigenvalue weighted by atomic mass is 35.5. The van der Waals surface area contributed by atoms with Crippen LogP contribution in [0.25, 0.3) is 0 Å². The van der Waals surface area contributed by atoms with Crippen molar-refractivity contribution in [3.8, 4) is 0 Å². The fraction of sp³-hybridized carbons (Fsp3) is 0.667. The molecule has 2 rings (SSSR count). The zero-order chi connectivity index (χ0) is 10.7. The van der Waals surface area contributed by atoms with Crippen molar-refractivity contribution in [2.75, 3.05) is 0 Å². The maximum atomic E-state index is 8.84. The van der Waals surface area contributed by atoms with Crippen molar-refractivity contribution in [2.45, 2.75) is 45.4 Å². The second-order valence-electron chi connectivity index (χ2n) is 4.30. The quantitative estimate of drug-likeness (QED) is 0.809. The summed E-state index contributed by atoms with van der Waals surface area (Å²) < 4.78 is 5.39. The third-order valence-corrected chi connectivity index (χ3v) is 2.99. The molecule has 1 aliphatic carbocycles. The van der Waals surface area contributed by atoms with Crippen LogP contribution in [0.5, 0.6) is 0 Å². The molecule has 1 aromatic heterocycles. The van der Waals surface area contributed by atoms with Crippen molar-refractivity contribution < 1.29 is 9.52 Å². The van der Waals surface area contributed by atoms with Crippen LogP contribution in [0.4, 0.5) is 0 Å². The number of halogens is 1. The normalized spacial score (nSPS) is 22.9. The van der Waals surface area contributed by atoms with E-state index in [1.54, 1.807) is 0 Å². The van der Waals surface area contributed by atoms with Crippen molar-refractivity contribution in [3.63, 3.8) is 0 Å². The van der Waals surface area contributed by atoms with Crippen LogP contribution in [-0.4, -0.2) is 11.1 Å². The van der Waals surface area contributed by atoms with E-state index in [0.29, 0.717) is 11.8 Å². The lowest BCUT2D eigenvalue weighted by molar-refractivity contribution is 0.242. The van der Waals surface area contributed by atoms with Crippen LogP contribution < -0.4 is 5.32 Å². The van der Waals surface area contributed by atoms with Gasteiger partial charge in [-0.05, 0) is 30.9 Å². The number of aliphatic hydroxyl groups excluding tert-OH is 1. The number of nitrogens with one attached hydrogen (secondary N) is 1. The van der Waals surface area contributed by atoms with Gasteiger partial charge in [0, 0.05) is 6.04 Å². The summed E-state index contributed by atoms with van der Waals surface area (Å²) in [5.41, 5.74) is 0. The van der Waals surface area contributed by atoms with Crippen LogP contribution >= 0.6 is 12.4 Å². The molecule has 1 saturated carbocycles. The Balaban J connectivity index is 0.00000128. The minimum Gasteiger partial charge on any atom is -0.462 e. The largest absolute Gasteiger partial charge is 0.462 e. The highest BCUT2D eigenvalue weighted by Gasteiger charge is 2.35. The lowest BCUT2D eigenvalue weighted by atomic mass is 10.2. The zero-order valence-electron chi connectivity index (χ0n) is 9.61. The molecule has 0 radical (unpaired) electrons. The van der Waals surface area contributed by atoms with Gasteiger partial charge in [0.15, 0.2) is 0 Å². The Hall–Kier alpha value is -0.510. The van der Waals surface area contributed by atoms with Gasteiger partial charge in [0.1, 0.15) is 18.1 Å². The van der Waals surface area contributed by atoms with Gasteiger partial charge in [-0.2, -0.15) is 0 Å². The summed E-state index contributed by atoms with van der Waals surface area (Å²) in [6.07, 6.45) is 3.91. The summed E-state index contributed by atoms with van der Waals surface area (Å²) in [6, 6.07) is 4.44. The molecule has 0 spiro atoms. The summed E-state index contributed by atoms with van der Waals surface area (Å²) in [5.74, 6) is 2.44. The molecule has 0 bridgehead atoms. The van der Waals surface area contributed by atoms with E-state index in [9.17, 15) is 0 Å². The predicted octanol–water partition coefficient (Wildman–Crippen LogP) is 2.47. The Labute approximate surface area is 103 Å². The summed E-state index contributed by atoms with van der Waals surface area (Å²) in [6.45, 7) is 3.00. The van der Waals surface area contributed by atoms with E-state index in [2.05, 4.69) is 12.2 Å². The fourth-order valence-corrected chi connectivity index (χ4v) is 2.02. The van der Waals surface area contributed by atoms with E-state index >= 15 is 0 Å². The van der Waals surface area contributed by atoms with Gasteiger partial charge >= 0.3 is 0 Å². The number of hydrogen-bond acceptors (Lipinski definition) is 3. The molecule has 3 nitrogen and oxygen atoms in total. The second-order valence-corrected chi connectivity index (χ2v) is 4.30. The summed E-state index contributed by atoms with van der Waals surface area (Å²) in [4.78, 5) is 0. The summed E-state index contributed by atoms with van der Waals surface area (Å²) in [5, 5.41) is 12.3. The molecule has 2 N–H and O–H groups in total. The van der Waals surface area contributed by atoms with Gasteiger partial charge in [-0.3, -0.25) is 0 Å². The van der Waals surface area contributed by atoms with Gasteiger partial charge in [0.25, 0.3) is 0 Å². The highest BCUT2D eigenvalue weighted by Crippen LogP contribution is 2.34. The van der Waals surface area contributed by atoms with E-state index in [1.165, 1.54) is 19.3 Å². The van der Waals surface area contributed by atoms with E-state index < -0.39 is 0 Å². The smallest absolute Gasteiger partial charge is 0.129 e. The molecule has 0 amide bonds. The standard InChI is InChI=1S/C12H19NO2.ClH/c1-2-3-9-6-12(9)13-7-10-4-5-11(8-14)15-10;/h4-5,9,12-14H,2-3,6-8H2,1H3;1H. The average Bonchev–Trinajstić information content (AvgIpc) is 2.82. The van der Waals surface area contributed by atoms with E-state index in [0.717, 1.165) is 18.2 Å². The predicted molar refractivity (Wildman–Crippen MR) is 65.5 cm³/mol. The van der Waals surface area contributed by atoms with E-state index in [-0.39, 0.29) is 19.0 Å². The first-order valence-corrected chi connectivity index (χ1v) is 5.75. The topological polar surface area (TPSA) is 45.4 Å². The summed E-state index contributed by atoms with van der Waals surface area (Å²) >= 11 is 0. The molecule has 0 aromatic carbocycles. The number of aliphatic hydroxyl groups is 1. The van der Waals surface area contributed by atoms with Gasteiger partial charge in [0.05, 0.1) is 6.54 Å². The minimum absolute atomic E-state index is 0. The SMILES string of the molecule is CCCC1CC1NCc1ccc(CO)o1.Cl. The molecule has 92 valence electrons. The van der Waals surface area contributed by atoms with Crippen LogP contribution in [0.3, 0.4) is 0 Å². The number of furan rings is 1. The van der Waals surface area contributed by atoms with Crippen LogP contribution in [0.2, 0.25) is 0 Å². The highest BCUT2D eigenvalue weighted by molar-refractivity contribution is 5.85. The Morgan fingerprint density at radius 2 is 2.19 bits per heavy atom. The van der Waals surface area contributed by atoms with Gasteiger partial charge < -0.3 is 14.8 Å². The molecular formula is C12H20ClNO2. The van der Waals surface area contributed by atoms with Crippen LogP contribution in [-0.2, 0) is 13.2 Å². The van der Waals surface area contributed by atoms with Crippen molar-refractivity contribution >= 4 is 12.4 Å². The molecule has 2 unspecified atom stereocenters. The van der Waals surface area contributed by atoms with Crippen molar-refractivity contribution in [1.82, 2.24) is 5.32 Å². The number of hydrogen-bond donors (Lipinski definition) is 2. The zero-order valence-corrected chi connectivity index (χ0v) is 10.4. The molecule has 4 heteroatoms. The van der Waals surface area contributed by atoms with Gasteiger partial charge in [-0.25, -0.2) is 0 Å². The van der Waals surface area contributed by atoms with Crippen LogP contribution in [0.15, 0.2) is 16.5 Å². The van der Waals surface area contributed by atoms with E-state index in [4.69, 9.17) is 9.52 Å². The lowest BCUT2D eigenvalue weighted by Crippen LogP contribution is -2.17. The Bertz CT molecular complexity index is 314. The average molecular weight is 246 g/mol. The maximum absolute atomic E-state index is 8.84. The monoisotopic (exact) mass is 245 g/mol. The van der Waals surface area contributed by atoms with Crippen molar-refractivity contribution in [3.05, 3.63) is 23.7 Å². The van der Waals surface area contributed by atoms with Crippen LogP contribution in [0.1, 0.15) is 37.7 Å². The Kier molecular flexibility index (Phi) is 5.32. The first kappa shape index (κ1) is 13.6. The first-order valence-electron chi connectivity index (χ1n) is 5.75. The van der Waals surface area contributed by atoms with Gasteiger partial charge in [-0.1, -0.05) is 13.3 Å². The molecule has 1 heterocycles. The molecule has 1 aliphatic rings. The van der Waals surface area contributed by atoms with E-state index in [1.807, 2.05) is 12.1 Å². The minimum atomic E-state index is -0.0120. The Morgan fingerprint density at radius 1 is 1.44 bits per heavy atom. The Morgan fingerprint density at radius 3 is 2.81 bits per heavy atom. The second kappa shape index (κ2) is 6.28. The third kappa shape index (κ3) is 3.51. The van der Waals surface area contributed by atoms with Crippen molar-refractivity contribution in [2.24, 2.45) is 5.92 Å². The third-order valence-electron chi connectivity index (χ3n) is 2.99. The molecule has 1 fully saturated rings. The summed E-state index contributed by atoms with van der Waals surface area (Å²) in [7, 11) is 0. The van der Waals surface area contributed by atoms with Gasteiger partial charge in [0.2, 0.25) is 0 Å². The first-order chi connectivity index (χ1) is 7.33. The molecular weight excluding hydrogens is 226 g/mol. The maximum Gasteiger partial charge on any atom is 0.129 e. The molecule has 0 aliphatic heterocycles. The fourth-order valence-electron chi connectivity index (χ4n) is 2.02. The molecule has 1 aromatic rings. The molecule has 0 saturated heterocycles. The molecule has 2 atom stereocenters. The lowest BCUT2D eigenvalue weighted by Gasteiger charge is -2.00. The van der Waals surface area contributed by atoms with Crippen molar-refractivity contribution in [1.29, 1.82) is 0 Å². The van der Waals surface area contributed by atoms with Crippen LogP contribution in [0, 0.1) is 5.92 Å². The van der Waals surface area contributed by atoms with Gasteiger partial charge in [-0.15, -0.1) is 12.4 Å².